The number of benzene rings is 2. The van der Waals surface area contributed by atoms with Gasteiger partial charge in [0.15, 0.2) is 16.3 Å². The number of fused-ring (bicyclic) bond motifs is 1. The number of nitro groups is 1. The normalized spacial score (nSPS) is 14.6. The monoisotopic (exact) mass is 694 g/mol. The quantitative estimate of drug-likeness (QED) is 0.132. The molecule has 0 saturated heterocycles. The first kappa shape index (κ1) is 31.9. The maximum atomic E-state index is 14.2. The molecule has 5 rings (SSSR count). The molecule has 3 heterocycles. The fourth-order valence-corrected chi connectivity index (χ4v) is 7.05. The molecule has 0 radical (unpaired) electrons. The van der Waals surface area contributed by atoms with Gasteiger partial charge in [0.2, 0.25) is 0 Å². The van der Waals surface area contributed by atoms with E-state index in [1.807, 2.05) is 37.5 Å². The number of nitro benzene ring substituents is 1. The number of aryl methyl sites for hydroxylation is 1. The van der Waals surface area contributed by atoms with Crippen LogP contribution < -0.4 is 24.4 Å². The third kappa shape index (κ3) is 5.85. The number of hydrogen-bond donors (Lipinski definition) is 0. The molecule has 2 aromatic carbocycles. The van der Waals surface area contributed by atoms with Gasteiger partial charge in [0, 0.05) is 33.7 Å². The Morgan fingerprint density at radius 1 is 1.11 bits per heavy atom. The van der Waals surface area contributed by atoms with Crippen LogP contribution in [0.2, 0.25) is 0 Å². The van der Waals surface area contributed by atoms with Crippen LogP contribution >= 0.6 is 27.3 Å². The summed E-state index contributed by atoms with van der Waals surface area (Å²) in [6, 6.07) is 10.9. The summed E-state index contributed by atoms with van der Waals surface area (Å²) in [5, 5.41) is 11.1. The standard InChI is InChI=1S/C32H31BrN4O7S/c1-7-43-26-16-24(33)23(15-25(26)42-6)29-28(31(39)44-8-2)18(4)34-32-36(29)30(38)27(45-32)14-20-13-17(3)35(19(20)5)21-9-11-22(12-10-21)37(40)41/h9-16,29H,7-8H2,1-6H3/b27-14+/t29-/m0/s1. The number of halogens is 1. The topological polar surface area (TPSA) is 127 Å². The molecule has 45 heavy (non-hydrogen) atoms. The molecule has 0 bridgehead atoms. The second kappa shape index (κ2) is 12.9. The van der Waals surface area contributed by atoms with Crippen molar-refractivity contribution in [2.24, 2.45) is 4.99 Å². The Morgan fingerprint density at radius 3 is 2.44 bits per heavy atom. The van der Waals surface area contributed by atoms with Crippen LogP contribution in [0.5, 0.6) is 11.5 Å². The molecule has 0 N–H and O–H groups in total. The van der Waals surface area contributed by atoms with Crippen molar-refractivity contribution >= 4 is 45.0 Å². The fraction of sp³-hybridized carbons (Fsp3) is 0.281. The molecule has 0 fully saturated rings. The molecule has 13 heteroatoms. The number of methoxy groups -OCH3 is 1. The van der Waals surface area contributed by atoms with Crippen molar-refractivity contribution in [3.63, 3.8) is 0 Å². The molecule has 11 nitrogen and oxygen atoms in total. The Hall–Kier alpha value is -4.49. The number of nitrogens with zero attached hydrogens (tertiary/aromatic N) is 4. The van der Waals surface area contributed by atoms with Crippen molar-refractivity contribution in [2.75, 3.05) is 20.3 Å². The fourth-order valence-electron chi connectivity index (χ4n) is 5.47. The van der Waals surface area contributed by atoms with Gasteiger partial charge in [0.05, 0.1) is 47.1 Å². The van der Waals surface area contributed by atoms with E-state index in [-0.39, 0.29) is 23.4 Å². The highest BCUT2D eigenvalue weighted by atomic mass is 79.9. The van der Waals surface area contributed by atoms with Crippen LogP contribution in [-0.4, -0.2) is 40.4 Å². The van der Waals surface area contributed by atoms with E-state index in [0.717, 1.165) is 22.6 Å². The average Bonchev–Trinajstić information content (AvgIpc) is 3.46. The van der Waals surface area contributed by atoms with Gasteiger partial charge in [0.1, 0.15) is 0 Å². The minimum atomic E-state index is -0.853. The number of allylic oxidation sites excluding steroid dienone is 1. The maximum absolute atomic E-state index is 14.2. The molecule has 1 aliphatic rings. The lowest BCUT2D eigenvalue weighted by Gasteiger charge is -2.26. The van der Waals surface area contributed by atoms with Crippen molar-refractivity contribution < 1.29 is 23.9 Å². The molecular formula is C32H31BrN4O7S. The number of thiazole rings is 1. The lowest BCUT2D eigenvalue weighted by Crippen LogP contribution is -2.40. The third-order valence-corrected chi connectivity index (χ3v) is 9.14. The molecule has 1 aliphatic heterocycles. The Labute approximate surface area is 271 Å². The van der Waals surface area contributed by atoms with Crippen LogP contribution in [0.15, 0.2) is 68.0 Å². The van der Waals surface area contributed by atoms with Gasteiger partial charge in [-0.3, -0.25) is 19.5 Å². The van der Waals surface area contributed by atoms with E-state index >= 15 is 0 Å². The van der Waals surface area contributed by atoms with E-state index in [2.05, 4.69) is 20.9 Å². The highest BCUT2D eigenvalue weighted by Gasteiger charge is 2.35. The number of non-ortho nitro benzene ring substituents is 1. The molecule has 1 atom stereocenters. The Bertz CT molecular complexity index is 2040. The minimum absolute atomic E-state index is 0.00590. The van der Waals surface area contributed by atoms with Crippen LogP contribution in [0.1, 0.15) is 49.3 Å². The Morgan fingerprint density at radius 2 is 1.82 bits per heavy atom. The van der Waals surface area contributed by atoms with E-state index in [9.17, 15) is 19.7 Å². The zero-order valence-electron chi connectivity index (χ0n) is 25.5. The SMILES string of the molecule is CCOC(=O)C1=C(C)N=c2s/c(=C/c3cc(C)n(-c4ccc([N+](=O)[O-])cc4)c3C)c(=O)n2[C@H]1c1cc(OC)c(OCC)cc1Br. The molecule has 0 saturated carbocycles. The molecular weight excluding hydrogens is 664 g/mol. The van der Waals surface area contributed by atoms with Crippen LogP contribution in [-0.2, 0) is 9.53 Å². The lowest BCUT2D eigenvalue weighted by atomic mass is 9.95. The number of esters is 1. The summed E-state index contributed by atoms with van der Waals surface area (Å²) in [7, 11) is 1.53. The van der Waals surface area contributed by atoms with E-state index in [4.69, 9.17) is 14.2 Å². The van der Waals surface area contributed by atoms with E-state index in [1.54, 1.807) is 38.1 Å². The zero-order chi connectivity index (χ0) is 32.6. The van der Waals surface area contributed by atoms with Gasteiger partial charge in [-0.05, 0) is 82.2 Å². The first-order valence-electron chi connectivity index (χ1n) is 14.1. The predicted molar refractivity (Wildman–Crippen MR) is 174 cm³/mol. The van der Waals surface area contributed by atoms with Gasteiger partial charge in [-0.1, -0.05) is 27.3 Å². The van der Waals surface area contributed by atoms with Gasteiger partial charge in [-0.15, -0.1) is 0 Å². The smallest absolute Gasteiger partial charge is 0.338 e. The number of hydrogen-bond acceptors (Lipinski definition) is 9. The Kier molecular flexibility index (Phi) is 9.12. The summed E-state index contributed by atoms with van der Waals surface area (Å²) in [5.74, 6) is 0.406. The van der Waals surface area contributed by atoms with Crippen molar-refractivity contribution in [3.05, 3.63) is 111 Å². The lowest BCUT2D eigenvalue weighted by molar-refractivity contribution is -0.384. The highest BCUT2D eigenvalue weighted by molar-refractivity contribution is 9.10. The molecule has 0 aliphatic carbocycles. The molecule has 0 spiro atoms. The summed E-state index contributed by atoms with van der Waals surface area (Å²) in [6.45, 7) is 9.76. The molecule has 2 aromatic heterocycles. The predicted octanol–water partition coefficient (Wildman–Crippen LogP) is 5.28. The number of carbonyl (C=O) groups is 1. The van der Waals surface area contributed by atoms with Crippen LogP contribution in [0.4, 0.5) is 5.69 Å². The second-order valence-electron chi connectivity index (χ2n) is 10.2. The molecule has 234 valence electrons. The third-order valence-electron chi connectivity index (χ3n) is 7.47. The van der Waals surface area contributed by atoms with Crippen LogP contribution in [0.25, 0.3) is 11.8 Å². The summed E-state index contributed by atoms with van der Waals surface area (Å²) >= 11 is 4.87. The summed E-state index contributed by atoms with van der Waals surface area (Å²) in [4.78, 5) is 43.4. The second-order valence-corrected chi connectivity index (χ2v) is 12.1. The van der Waals surface area contributed by atoms with E-state index in [1.165, 1.54) is 35.1 Å². The largest absolute Gasteiger partial charge is 0.493 e. The zero-order valence-corrected chi connectivity index (χ0v) is 27.9. The summed E-state index contributed by atoms with van der Waals surface area (Å²) < 4.78 is 21.3. The van der Waals surface area contributed by atoms with Crippen molar-refractivity contribution in [1.29, 1.82) is 0 Å². The summed E-state index contributed by atoms with van der Waals surface area (Å²) in [6.07, 6.45) is 1.81. The molecule has 4 aromatic rings. The van der Waals surface area contributed by atoms with Gasteiger partial charge in [-0.2, -0.15) is 0 Å². The van der Waals surface area contributed by atoms with Gasteiger partial charge < -0.3 is 18.8 Å². The van der Waals surface area contributed by atoms with Gasteiger partial charge >= 0.3 is 5.97 Å². The Balaban J connectivity index is 1.70. The highest BCUT2D eigenvalue weighted by Crippen LogP contribution is 2.41. The minimum Gasteiger partial charge on any atom is -0.493 e. The first-order valence-corrected chi connectivity index (χ1v) is 15.7. The van der Waals surface area contributed by atoms with Crippen molar-refractivity contribution in [3.8, 4) is 17.2 Å². The number of ether oxygens (including phenoxy) is 3. The van der Waals surface area contributed by atoms with E-state index in [0.29, 0.717) is 43.2 Å². The number of carbonyl (C=O) groups excluding carboxylic acids is 1. The maximum Gasteiger partial charge on any atom is 0.338 e. The van der Waals surface area contributed by atoms with Gasteiger partial charge in [-0.25, -0.2) is 9.79 Å². The average molecular weight is 696 g/mol. The van der Waals surface area contributed by atoms with Crippen LogP contribution in [0, 0.1) is 24.0 Å². The first-order chi connectivity index (χ1) is 21.5. The number of rotatable bonds is 9. The molecule has 0 unspecified atom stereocenters. The van der Waals surface area contributed by atoms with Crippen LogP contribution in [0.3, 0.4) is 0 Å². The number of aromatic nitrogens is 2. The molecule has 0 amide bonds. The summed E-state index contributed by atoms with van der Waals surface area (Å²) in [5.41, 5.74) is 4.30. The van der Waals surface area contributed by atoms with Crippen molar-refractivity contribution in [1.82, 2.24) is 9.13 Å². The van der Waals surface area contributed by atoms with Gasteiger partial charge in [0.25, 0.3) is 11.2 Å². The van der Waals surface area contributed by atoms with E-state index < -0.39 is 16.9 Å². The van der Waals surface area contributed by atoms with Crippen molar-refractivity contribution in [2.45, 2.75) is 40.7 Å².